The number of oxazole rings is 1. The van der Waals surface area contributed by atoms with Gasteiger partial charge >= 0.3 is 0 Å². The van der Waals surface area contributed by atoms with Gasteiger partial charge in [0.1, 0.15) is 5.76 Å². The number of aliphatic imine (C=N–C) groups is 1. The molecule has 3 rings (SSSR count). The molecule has 27 heavy (non-hydrogen) atoms. The molecule has 2 saturated heterocycles. The van der Waals surface area contributed by atoms with Gasteiger partial charge in [-0.25, -0.2) is 4.98 Å². The minimum absolute atomic E-state index is 0.624. The van der Waals surface area contributed by atoms with E-state index in [1.165, 1.54) is 12.8 Å². The molecule has 0 aromatic carbocycles. The Hall–Kier alpha value is -1.60. The second kappa shape index (κ2) is 9.55. The van der Waals surface area contributed by atoms with E-state index in [9.17, 15) is 0 Å². The Balaban J connectivity index is 1.37. The van der Waals surface area contributed by atoms with Gasteiger partial charge in [0.25, 0.3) is 0 Å². The third-order valence-electron chi connectivity index (χ3n) is 5.82. The summed E-state index contributed by atoms with van der Waals surface area (Å²) >= 11 is 0. The van der Waals surface area contributed by atoms with Gasteiger partial charge in [-0.1, -0.05) is 0 Å². The summed E-state index contributed by atoms with van der Waals surface area (Å²) in [5.41, 5.74) is 1.00. The highest BCUT2D eigenvalue weighted by Gasteiger charge is 2.22. The molecule has 2 aliphatic rings. The molecule has 1 unspecified atom stereocenters. The standard InChI is InChI=1S/C20H35N5O2/c1-15-16(2)27-19(23-15)13-25-8-5-17(6-9-25)11-22-20(21-3)24(4)12-18-7-10-26-14-18/h17-18H,5-14H2,1-4H3,(H,21,22). The molecule has 0 bridgehead atoms. The summed E-state index contributed by atoms with van der Waals surface area (Å²) in [4.78, 5) is 13.6. The zero-order valence-corrected chi connectivity index (χ0v) is 17.3. The highest BCUT2D eigenvalue weighted by atomic mass is 16.5. The molecule has 7 heteroatoms. The first-order chi connectivity index (χ1) is 13.0. The van der Waals surface area contributed by atoms with Crippen molar-refractivity contribution in [3.63, 3.8) is 0 Å². The van der Waals surface area contributed by atoms with Crippen LogP contribution in [-0.2, 0) is 11.3 Å². The van der Waals surface area contributed by atoms with Crippen molar-refractivity contribution in [2.75, 3.05) is 53.5 Å². The maximum atomic E-state index is 5.72. The molecular formula is C20H35N5O2. The van der Waals surface area contributed by atoms with Gasteiger partial charge in [-0.2, -0.15) is 0 Å². The predicted octanol–water partition coefficient (Wildman–Crippen LogP) is 2.05. The summed E-state index contributed by atoms with van der Waals surface area (Å²) in [6.07, 6.45) is 3.55. The number of aryl methyl sites for hydroxylation is 2. The van der Waals surface area contributed by atoms with Crippen LogP contribution in [0.15, 0.2) is 9.41 Å². The second-order valence-electron chi connectivity index (χ2n) is 8.01. The summed E-state index contributed by atoms with van der Waals surface area (Å²) in [5, 5.41) is 3.57. The Kier molecular flexibility index (Phi) is 7.13. The number of aromatic nitrogens is 1. The average Bonchev–Trinajstić information content (AvgIpc) is 3.27. The fraction of sp³-hybridized carbons (Fsp3) is 0.800. The van der Waals surface area contributed by atoms with Crippen molar-refractivity contribution in [3.8, 4) is 0 Å². The first-order valence-electron chi connectivity index (χ1n) is 10.2. The zero-order valence-electron chi connectivity index (χ0n) is 17.3. The number of nitrogens with zero attached hydrogens (tertiary/aromatic N) is 4. The van der Waals surface area contributed by atoms with Crippen molar-refractivity contribution in [3.05, 3.63) is 17.3 Å². The van der Waals surface area contributed by atoms with Crippen LogP contribution in [0.5, 0.6) is 0 Å². The van der Waals surface area contributed by atoms with Crippen LogP contribution in [-0.4, -0.2) is 74.2 Å². The summed E-state index contributed by atoms with van der Waals surface area (Å²) < 4.78 is 11.2. The Morgan fingerprint density at radius 2 is 2.04 bits per heavy atom. The van der Waals surface area contributed by atoms with Crippen molar-refractivity contribution in [1.82, 2.24) is 20.1 Å². The molecule has 0 aliphatic carbocycles. The normalized spacial score (nSPS) is 22.4. The number of piperidine rings is 1. The van der Waals surface area contributed by atoms with Crippen molar-refractivity contribution < 1.29 is 9.15 Å². The van der Waals surface area contributed by atoms with E-state index in [0.29, 0.717) is 11.8 Å². The lowest BCUT2D eigenvalue weighted by Crippen LogP contribution is -2.44. The molecule has 2 fully saturated rings. The van der Waals surface area contributed by atoms with Crippen LogP contribution < -0.4 is 5.32 Å². The maximum absolute atomic E-state index is 5.72. The number of hydrogen-bond donors (Lipinski definition) is 1. The Bertz CT molecular complexity index is 596. The highest BCUT2D eigenvalue weighted by Crippen LogP contribution is 2.19. The lowest BCUT2D eigenvalue weighted by atomic mass is 9.97. The lowest BCUT2D eigenvalue weighted by Gasteiger charge is -2.32. The van der Waals surface area contributed by atoms with Crippen LogP contribution in [0.25, 0.3) is 0 Å². The molecule has 3 heterocycles. The van der Waals surface area contributed by atoms with Gasteiger partial charge in [0.15, 0.2) is 5.96 Å². The van der Waals surface area contributed by atoms with E-state index in [2.05, 4.69) is 32.1 Å². The van der Waals surface area contributed by atoms with Crippen molar-refractivity contribution in [2.45, 2.75) is 39.7 Å². The molecule has 1 N–H and O–H groups in total. The number of ether oxygens (including phenoxy) is 1. The molecule has 2 aliphatic heterocycles. The largest absolute Gasteiger partial charge is 0.444 e. The third kappa shape index (κ3) is 5.69. The minimum atomic E-state index is 0.624. The van der Waals surface area contributed by atoms with E-state index < -0.39 is 0 Å². The van der Waals surface area contributed by atoms with Crippen LogP contribution in [0.3, 0.4) is 0 Å². The van der Waals surface area contributed by atoms with Gasteiger partial charge in [-0.05, 0) is 52.1 Å². The number of guanidine groups is 1. The van der Waals surface area contributed by atoms with E-state index in [1.54, 1.807) is 0 Å². The van der Waals surface area contributed by atoms with Crippen molar-refractivity contribution >= 4 is 5.96 Å². The Morgan fingerprint density at radius 3 is 2.63 bits per heavy atom. The van der Waals surface area contributed by atoms with E-state index in [4.69, 9.17) is 9.15 Å². The van der Waals surface area contributed by atoms with E-state index in [1.807, 2.05) is 20.9 Å². The molecule has 0 radical (unpaired) electrons. The first-order valence-corrected chi connectivity index (χ1v) is 10.2. The molecular weight excluding hydrogens is 342 g/mol. The number of rotatable bonds is 6. The summed E-state index contributed by atoms with van der Waals surface area (Å²) in [6.45, 7) is 10.8. The molecule has 1 atom stereocenters. The van der Waals surface area contributed by atoms with E-state index in [0.717, 1.165) is 75.7 Å². The first kappa shape index (κ1) is 20.1. The third-order valence-corrected chi connectivity index (χ3v) is 5.82. The van der Waals surface area contributed by atoms with Crippen LogP contribution in [0.1, 0.15) is 36.6 Å². The van der Waals surface area contributed by atoms with E-state index >= 15 is 0 Å². The van der Waals surface area contributed by atoms with Crippen LogP contribution in [0, 0.1) is 25.7 Å². The predicted molar refractivity (Wildman–Crippen MR) is 107 cm³/mol. The number of nitrogens with one attached hydrogen (secondary N) is 1. The summed E-state index contributed by atoms with van der Waals surface area (Å²) in [5.74, 6) is 4.09. The Morgan fingerprint density at radius 1 is 1.26 bits per heavy atom. The second-order valence-corrected chi connectivity index (χ2v) is 8.01. The molecule has 1 aromatic rings. The van der Waals surface area contributed by atoms with Crippen molar-refractivity contribution in [2.24, 2.45) is 16.8 Å². The van der Waals surface area contributed by atoms with Crippen LogP contribution in [0.2, 0.25) is 0 Å². The molecule has 152 valence electrons. The number of likely N-dealkylation sites (tertiary alicyclic amines) is 1. The lowest BCUT2D eigenvalue weighted by molar-refractivity contribution is 0.163. The minimum Gasteiger partial charge on any atom is -0.444 e. The van der Waals surface area contributed by atoms with Crippen molar-refractivity contribution in [1.29, 1.82) is 0 Å². The maximum Gasteiger partial charge on any atom is 0.208 e. The highest BCUT2D eigenvalue weighted by molar-refractivity contribution is 5.79. The smallest absolute Gasteiger partial charge is 0.208 e. The average molecular weight is 378 g/mol. The topological polar surface area (TPSA) is 66.1 Å². The molecule has 0 spiro atoms. The molecule has 0 saturated carbocycles. The summed E-state index contributed by atoms with van der Waals surface area (Å²) in [6, 6.07) is 0. The molecule has 1 aromatic heterocycles. The fourth-order valence-corrected chi connectivity index (χ4v) is 3.97. The molecule has 0 amide bonds. The van der Waals surface area contributed by atoms with Gasteiger partial charge in [0.05, 0.1) is 18.8 Å². The Labute approximate surface area is 163 Å². The van der Waals surface area contributed by atoms with Gasteiger partial charge in [0.2, 0.25) is 5.89 Å². The monoisotopic (exact) mass is 377 g/mol. The zero-order chi connectivity index (χ0) is 19.2. The number of hydrogen-bond acceptors (Lipinski definition) is 5. The molecule has 7 nitrogen and oxygen atoms in total. The van der Waals surface area contributed by atoms with Crippen LogP contribution >= 0.6 is 0 Å². The fourth-order valence-electron chi connectivity index (χ4n) is 3.97. The van der Waals surface area contributed by atoms with Gasteiger partial charge in [-0.3, -0.25) is 9.89 Å². The van der Waals surface area contributed by atoms with Gasteiger partial charge < -0.3 is 19.4 Å². The summed E-state index contributed by atoms with van der Waals surface area (Å²) in [7, 11) is 3.99. The van der Waals surface area contributed by atoms with E-state index in [-0.39, 0.29) is 0 Å². The SMILES string of the molecule is CN=C(NCC1CCN(Cc2nc(C)c(C)o2)CC1)N(C)CC1CCOC1. The van der Waals surface area contributed by atoms with Crippen LogP contribution in [0.4, 0.5) is 0 Å². The van der Waals surface area contributed by atoms with Gasteiger partial charge in [-0.15, -0.1) is 0 Å². The quantitative estimate of drug-likeness (QED) is 0.605. The van der Waals surface area contributed by atoms with Gasteiger partial charge in [0, 0.05) is 39.7 Å².